The van der Waals surface area contributed by atoms with Crippen LogP contribution in [0.15, 0.2) is 0 Å². The predicted octanol–water partition coefficient (Wildman–Crippen LogP) is 1.93. The molecule has 4 aliphatic rings. The van der Waals surface area contributed by atoms with Gasteiger partial charge in [0.2, 0.25) is 0 Å². The van der Waals surface area contributed by atoms with Gasteiger partial charge in [0.05, 0.1) is 24.0 Å². The largest absolute Gasteiger partial charge is 0.465 e. The average molecular weight is 354 g/mol. The quantitative estimate of drug-likeness (QED) is 0.620. The van der Waals surface area contributed by atoms with E-state index in [9.17, 15) is 9.59 Å². The van der Waals surface area contributed by atoms with E-state index < -0.39 is 0 Å². The first-order chi connectivity index (χ1) is 11.5. The van der Waals surface area contributed by atoms with Crippen LogP contribution in [0.2, 0.25) is 0 Å². The van der Waals surface area contributed by atoms with Crippen molar-refractivity contribution < 1.29 is 19.1 Å². The third-order valence-electron chi connectivity index (χ3n) is 6.21. The van der Waals surface area contributed by atoms with Gasteiger partial charge in [0.25, 0.3) is 0 Å². The Kier molecular flexibility index (Phi) is 6.49. The monoisotopic (exact) mass is 354 g/mol. The minimum absolute atomic E-state index is 0. The molecule has 0 aromatic carbocycles. The second-order valence-corrected chi connectivity index (χ2v) is 7.98. The molecule has 4 saturated heterocycles. The molecule has 4 fully saturated rings. The highest BCUT2D eigenvalue weighted by molar-refractivity contribution is 5.79. The highest BCUT2D eigenvalue weighted by Gasteiger charge is 2.46. The van der Waals surface area contributed by atoms with Crippen LogP contribution in [-0.4, -0.2) is 75.2 Å². The van der Waals surface area contributed by atoms with Gasteiger partial charge < -0.3 is 19.3 Å². The Labute approximate surface area is 151 Å². The van der Waals surface area contributed by atoms with Gasteiger partial charge in [0.15, 0.2) is 0 Å². The zero-order chi connectivity index (χ0) is 17.2. The van der Waals surface area contributed by atoms with E-state index in [2.05, 4.69) is 23.9 Å². The van der Waals surface area contributed by atoms with Crippen molar-refractivity contribution in [2.45, 2.75) is 46.0 Å². The van der Waals surface area contributed by atoms with E-state index in [1.807, 2.05) is 0 Å². The van der Waals surface area contributed by atoms with Gasteiger partial charge in [-0.1, -0.05) is 7.43 Å². The summed E-state index contributed by atoms with van der Waals surface area (Å²) in [7, 11) is 4.18. The Balaban J connectivity index is 0.000000173. The van der Waals surface area contributed by atoms with Crippen LogP contribution in [0.3, 0.4) is 0 Å². The zero-order valence-electron chi connectivity index (χ0n) is 15.0. The maximum atomic E-state index is 11.4. The summed E-state index contributed by atoms with van der Waals surface area (Å²) >= 11 is 0. The number of nitrogens with zero attached hydrogens (tertiary/aromatic N) is 2. The number of esters is 2. The lowest BCUT2D eigenvalue weighted by molar-refractivity contribution is -0.149. The van der Waals surface area contributed by atoms with Crippen molar-refractivity contribution >= 4 is 11.9 Å². The normalized spacial score (nSPS) is 31.9. The molecule has 144 valence electrons. The fourth-order valence-corrected chi connectivity index (χ4v) is 4.42. The van der Waals surface area contributed by atoms with Gasteiger partial charge in [-0.15, -0.1) is 0 Å². The first-order valence-corrected chi connectivity index (χ1v) is 9.17. The van der Waals surface area contributed by atoms with Crippen molar-refractivity contribution in [3.05, 3.63) is 0 Å². The van der Waals surface area contributed by atoms with Gasteiger partial charge in [0, 0.05) is 6.54 Å². The molecule has 4 aliphatic heterocycles. The molecule has 6 heteroatoms. The Morgan fingerprint density at radius 1 is 0.760 bits per heavy atom. The number of piperidine rings is 2. The topological polar surface area (TPSA) is 59.1 Å². The molecule has 4 heterocycles. The van der Waals surface area contributed by atoms with Crippen LogP contribution >= 0.6 is 0 Å². The van der Waals surface area contributed by atoms with E-state index in [-0.39, 0.29) is 30.2 Å². The highest BCUT2D eigenvalue weighted by atomic mass is 16.5. The highest BCUT2D eigenvalue weighted by Crippen LogP contribution is 2.40. The molecular weight excluding hydrogens is 320 g/mol. The number of carbonyl (C=O) groups is 2. The Morgan fingerprint density at radius 2 is 1.32 bits per heavy atom. The van der Waals surface area contributed by atoms with Crippen LogP contribution in [0.4, 0.5) is 0 Å². The molecule has 6 nitrogen and oxygen atoms in total. The van der Waals surface area contributed by atoms with E-state index in [1.54, 1.807) is 0 Å². The second kappa shape index (κ2) is 8.04. The van der Waals surface area contributed by atoms with Gasteiger partial charge in [-0.05, 0) is 72.3 Å². The van der Waals surface area contributed by atoms with Crippen LogP contribution in [0.1, 0.15) is 46.0 Å². The summed E-state index contributed by atoms with van der Waals surface area (Å²) in [6.45, 7) is 5.36. The molecule has 2 spiro atoms. The molecule has 0 saturated carbocycles. The molecule has 0 aromatic heterocycles. The zero-order valence-corrected chi connectivity index (χ0v) is 15.0. The molecule has 0 N–H and O–H groups in total. The summed E-state index contributed by atoms with van der Waals surface area (Å²) in [6, 6.07) is 0. The number of cyclic esters (lactones) is 2. The lowest BCUT2D eigenvalue weighted by Gasteiger charge is -2.35. The standard InChI is InChI=1S/2C9H15NO2.CH4/c1-10-5-2-9(3-6-10)4-7-12-8(9)11;1-10-5-2-3-9(7-10)4-6-12-8(9)11;/h2*2-7H2,1H3;1H4. The van der Waals surface area contributed by atoms with Crippen LogP contribution < -0.4 is 0 Å². The van der Waals surface area contributed by atoms with E-state index in [4.69, 9.17) is 9.47 Å². The molecule has 0 aromatic rings. The Morgan fingerprint density at radius 3 is 1.80 bits per heavy atom. The number of rotatable bonds is 0. The minimum atomic E-state index is -0.132. The van der Waals surface area contributed by atoms with E-state index in [1.165, 1.54) is 0 Å². The summed E-state index contributed by atoms with van der Waals surface area (Å²) in [5.74, 6) is 0.0876. The lowest BCUT2D eigenvalue weighted by Crippen LogP contribution is -2.43. The van der Waals surface area contributed by atoms with Crippen molar-refractivity contribution in [2.75, 3.05) is 53.5 Å². The van der Waals surface area contributed by atoms with Gasteiger partial charge in [-0.2, -0.15) is 0 Å². The summed E-state index contributed by atoms with van der Waals surface area (Å²) < 4.78 is 10.1. The molecule has 4 rings (SSSR count). The molecule has 0 amide bonds. The maximum Gasteiger partial charge on any atom is 0.313 e. The number of likely N-dealkylation sites (tertiary alicyclic amines) is 2. The van der Waals surface area contributed by atoms with Gasteiger partial charge in [-0.3, -0.25) is 9.59 Å². The SMILES string of the molecule is C.CN1CCC2(CCOC2=O)CC1.CN1CCCC2(CCOC2=O)C1. The second-order valence-electron chi connectivity index (χ2n) is 7.98. The summed E-state index contributed by atoms with van der Waals surface area (Å²) in [6.07, 6.45) is 6.00. The first kappa shape index (κ1) is 20.2. The van der Waals surface area contributed by atoms with Crippen LogP contribution in [0, 0.1) is 10.8 Å². The van der Waals surface area contributed by atoms with Gasteiger partial charge in [0.1, 0.15) is 0 Å². The van der Waals surface area contributed by atoms with Crippen LogP contribution in [-0.2, 0) is 19.1 Å². The third-order valence-corrected chi connectivity index (χ3v) is 6.21. The fraction of sp³-hybridized carbons (Fsp3) is 0.895. The molecular formula is C19H34N2O4. The predicted molar refractivity (Wildman–Crippen MR) is 96.2 cm³/mol. The van der Waals surface area contributed by atoms with E-state index in [0.717, 1.165) is 64.7 Å². The smallest absolute Gasteiger partial charge is 0.313 e. The summed E-state index contributed by atoms with van der Waals surface area (Å²) in [5, 5.41) is 0. The average Bonchev–Trinajstić information content (AvgIpc) is 3.08. The van der Waals surface area contributed by atoms with Crippen molar-refractivity contribution in [3.8, 4) is 0 Å². The van der Waals surface area contributed by atoms with Crippen molar-refractivity contribution in [2.24, 2.45) is 10.8 Å². The number of ether oxygens (including phenoxy) is 2. The molecule has 0 aliphatic carbocycles. The first-order valence-electron chi connectivity index (χ1n) is 9.17. The molecule has 1 unspecified atom stereocenters. The number of carbonyl (C=O) groups excluding carboxylic acids is 2. The summed E-state index contributed by atoms with van der Waals surface area (Å²) in [5.41, 5.74) is -0.223. The van der Waals surface area contributed by atoms with Crippen molar-refractivity contribution in [1.29, 1.82) is 0 Å². The molecule has 0 bridgehead atoms. The van der Waals surface area contributed by atoms with Crippen molar-refractivity contribution in [1.82, 2.24) is 9.80 Å². The maximum absolute atomic E-state index is 11.4. The van der Waals surface area contributed by atoms with Crippen LogP contribution in [0.5, 0.6) is 0 Å². The lowest BCUT2D eigenvalue weighted by atomic mass is 9.77. The summed E-state index contributed by atoms with van der Waals surface area (Å²) in [4.78, 5) is 27.4. The van der Waals surface area contributed by atoms with E-state index >= 15 is 0 Å². The third kappa shape index (κ3) is 4.17. The fourth-order valence-electron chi connectivity index (χ4n) is 4.42. The molecule has 0 radical (unpaired) electrons. The van der Waals surface area contributed by atoms with E-state index in [0.29, 0.717) is 13.2 Å². The van der Waals surface area contributed by atoms with Gasteiger partial charge >= 0.3 is 11.9 Å². The van der Waals surface area contributed by atoms with Crippen molar-refractivity contribution in [3.63, 3.8) is 0 Å². The molecule has 1 atom stereocenters. The minimum Gasteiger partial charge on any atom is -0.465 e. The Bertz CT molecular complexity index is 488. The van der Waals surface area contributed by atoms with Gasteiger partial charge in [-0.25, -0.2) is 0 Å². The van der Waals surface area contributed by atoms with Crippen LogP contribution in [0.25, 0.3) is 0 Å². The molecule has 25 heavy (non-hydrogen) atoms. The number of hydrogen-bond acceptors (Lipinski definition) is 6. The number of hydrogen-bond donors (Lipinski definition) is 0. The Hall–Kier alpha value is -1.14.